The number of rotatable bonds is 4. The average molecular weight is 293 g/mol. The van der Waals surface area contributed by atoms with Crippen molar-refractivity contribution in [2.45, 2.75) is 26.1 Å². The van der Waals surface area contributed by atoms with E-state index in [1.807, 2.05) is 0 Å². The van der Waals surface area contributed by atoms with E-state index in [2.05, 4.69) is 5.32 Å². The Morgan fingerprint density at radius 2 is 1.95 bits per heavy atom. The van der Waals surface area contributed by atoms with Crippen molar-refractivity contribution in [1.82, 2.24) is 5.32 Å². The number of amides is 1. The molecule has 1 amide bonds. The van der Waals surface area contributed by atoms with Gasteiger partial charge < -0.3 is 10.4 Å². The minimum atomic E-state index is -4.86. The highest BCUT2D eigenvalue weighted by molar-refractivity contribution is 5.94. The number of hydrogen-bond donors (Lipinski definition) is 2. The van der Waals surface area contributed by atoms with Crippen LogP contribution < -0.4 is 5.32 Å². The molecule has 0 bridgehead atoms. The number of benzene rings is 1. The summed E-state index contributed by atoms with van der Waals surface area (Å²) in [4.78, 5) is 11.7. The highest BCUT2D eigenvalue weighted by Crippen LogP contribution is 2.31. The van der Waals surface area contributed by atoms with Gasteiger partial charge in [-0.2, -0.15) is 13.2 Å². The van der Waals surface area contributed by atoms with E-state index in [0.29, 0.717) is 12.1 Å². The quantitative estimate of drug-likeness (QED) is 0.838. The first-order valence-corrected chi connectivity index (χ1v) is 5.96. The van der Waals surface area contributed by atoms with Crippen molar-refractivity contribution in [1.29, 1.82) is 0 Å². The Balaban J connectivity index is 2.85. The van der Waals surface area contributed by atoms with Gasteiger partial charge in [-0.15, -0.1) is 0 Å². The Bertz CT molecular complexity index is 486. The second-order valence-corrected chi connectivity index (χ2v) is 4.71. The Labute approximate surface area is 113 Å². The van der Waals surface area contributed by atoms with Gasteiger partial charge in [0.1, 0.15) is 5.82 Å². The summed E-state index contributed by atoms with van der Waals surface area (Å²) in [5.74, 6) is -2.33. The molecule has 0 aliphatic rings. The van der Waals surface area contributed by atoms with Gasteiger partial charge >= 0.3 is 6.18 Å². The van der Waals surface area contributed by atoms with E-state index in [1.54, 1.807) is 13.8 Å². The molecule has 0 saturated heterocycles. The molecule has 0 spiro atoms. The minimum absolute atomic E-state index is 0.0881. The third-order valence-corrected chi connectivity index (χ3v) is 2.78. The zero-order chi connectivity index (χ0) is 15.5. The molecule has 1 aromatic rings. The molecule has 112 valence electrons. The summed E-state index contributed by atoms with van der Waals surface area (Å²) in [6, 6.07) is 2.00. The van der Waals surface area contributed by atoms with Crippen LogP contribution in [0.25, 0.3) is 0 Å². The number of carbonyl (C=O) groups is 1. The van der Waals surface area contributed by atoms with Crippen molar-refractivity contribution in [2.24, 2.45) is 5.92 Å². The fourth-order valence-electron chi connectivity index (χ4n) is 1.42. The van der Waals surface area contributed by atoms with Crippen molar-refractivity contribution in [3.63, 3.8) is 0 Å². The van der Waals surface area contributed by atoms with Gasteiger partial charge in [0.25, 0.3) is 5.91 Å². The van der Waals surface area contributed by atoms with E-state index in [4.69, 9.17) is 0 Å². The molecule has 0 aliphatic carbocycles. The zero-order valence-electron chi connectivity index (χ0n) is 11.0. The predicted octanol–water partition coefficient (Wildman–Crippen LogP) is 2.59. The summed E-state index contributed by atoms with van der Waals surface area (Å²) in [6.07, 6.45) is -5.67. The summed E-state index contributed by atoms with van der Waals surface area (Å²) in [5.41, 5.74) is -1.80. The topological polar surface area (TPSA) is 49.3 Å². The largest absolute Gasteiger partial charge is 0.419 e. The average Bonchev–Trinajstić information content (AvgIpc) is 2.34. The molecule has 0 aliphatic heterocycles. The maximum absolute atomic E-state index is 13.1. The van der Waals surface area contributed by atoms with Crippen LogP contribution in [0.15, 0.2) is 18.2 Å². The molecule has 0 radical (unpaired) electrons. The lowest BCUT2D eigenvalue weighted by atomic mass is 10.1. The van der Waals surface area contributed by atoms with Crippen molar-refractivity contribution in [2.75, 3.05) is 6.54 Å². The van der Waals surface area contributed by atoms with E-state index >= 15 is 0 Å². The standard InChI is InChI=1S/C13H15F4NO2/c1-7(2)11(19)6-18-12(20)8-3-4-10(14)9(5-8)13(15,16)17/h3-5,7,11,19H,6H2,1-2H3,(H,18,20). The Morgan fingerprint density at radius 1 is 1.35 bits per heavy atom. The third kappa shape index (κ3) is 4.19. The van der Waals surface area contributed by atoms with Crippen LogP contribution in [0.4, 0.5) is 17.6 Å². The van der Waals surface area contributed by atoms with E-state index in [1.165, 1.54) is 0 Å². The maximum Gasteiger partial charge on any atom is 0.419 e. The van der Waals surface area contributed by atoms with Gasteiger partial charge in [0.2, 0.25) is 0 Å². The Kier molecular flexibility index (Phi) is 5.10. The maximum atomic E-state index is 13.1. The molecule has 1 rings (SSSR count). The number of aliphatic hydroxyl groups is 1. The fraction of sp³-hybridized carbons (Fsp3) is 0.462. The fourth-order valence-corrected chi connectivity index (χ4v) is 1.42. The second kappa shape index (κ2) is 6.21. The molecule has 0 heterocycles. The van der Waals surface area contributed by atoms with Crippen LogP contribution in [0.2, 0.25) is 0 Å². The minimum Gasteiger partial charge on any atom is -0.391 e. The molecular formula is C13H15F4NO2. The zero-order valence-corrected chi connectivity index (χ0v) is 11.0. The van der Waals surface area contributed by atoms with Crippen molar-refractivity contribution in [3.8, 4) is 0 Å². The normalized spacial score (nSPS) is 13.4. The number of halogens is 4. The first-order chi connectivity index (χ1) is 9.12. The SMILES string of the molecule is CC(C)C(O)CNC(=O)c1ccc(F)c(C(F)(F)F)c1. The second-order valence-electron chi connectivity index (χ2n) is 4.71. The van der Waals surface area contributed by atoms with Crippen molar-refractivity contribution in [3.05, 3.63) is 35.1 Å². The van der Waals surface area contributed by atoms with E-state index in [-0.39, 0.29) is 18.0 Å². The number of alkyl halides is 3. The van der Waals surface area contributed by atoms with Crippen molar-refractivity contribution < 1.29 is 27.5 Å². The van der Waals surface area contributed by atoms with Gasteiger partial charge in [-0.1, -0.05) is 13.8 Å². The lowest BCUT2D eigenvalue weighted by Crippen LogP contribution is -2.34. The van der Waals surface area contributed by atoms with Crippen LogP contribution >= 0.6 is 0 Å². The van der Waals surface area contributed by atoms with E-state index in [9.17, 15) is 27.5 Å². The number of carbonyl (C=O) groups excluding carboxylic acids is 1. The smallest absolute Gasteiger partial charge is 0.391 e. The van der Waals surface area contributed by atoms with Crippen LogP contribution in [-0.2, 0) is 6.18 Å². The number of nitrogens with one attached hydrogen (secondary N) is 1. The van der Waals surface area contributed by atoms with Gasteiger partial charge in [0, 0.05) is 12.1 Å². The van der Waals surface area contributed by atoms with Gasteiger partial charge in [0.05, 0.1) is 11.7 Å². The van der Waals surface area contributed by atoms with Gasteiger partial charge in [-0.05, 0) is 24.1 Å². The molecule has 0 fully saturated rings. The summed E-state index contributed by atoms with van der Waals surface area (Å²) in [6.45, 7) is 3.38. The predicted molar refractivity (Wildman–Crippen MR) is 64.6 cm³/mol. The molecule has 1 unspecified atom stereocenters. The molecule has 2 N–H and O–H groups in total. The Hall–Kier alpha value is -1.63. The first-order valence-electron chi connectivity index (χ1n) is 5.96. The summed E-state index contributed by atoms with van der Waals surface area (Å²) < 4.78 is 50.6. The number of hydrogen-bond acceptors (Lipinski definition) is 2. The molecule has 1 aromatic carbocycles. The molecular weight excluding hydrogens is 278 g/mol. The molecule has 7 heteroatoms. The highest BCUT2D eigenvalue weighted by atomic mass is 19.4. The molecule has 0 aromatic heterocycles. The van der Waals surface area contributed by atoms with Gasteiger partial charge in [0.15, 0.2) is 0 Å². The van der Waals surface area contributed by atoms with Crippen LogP contribution in [-0.4, -0.2) is 23.7 Å². The monoisotopic (exact) mass is 293 g/mol. The van der Waals surface area contributed by atoms with E-state index in [0.717, 1.165) is 6.07 Å². The summed E-state index contributed by atoms with van der Waals surface area (Å²) in [7, 11) is 0. The molecule has 20 heavy (non-hydrogen) atoms. The van der Waals surface area contributed by atoms with Crippen LogP contribution in [0.5, 0.6) is 0 Å². The van der Waals surface area contributed by atoms with Crippen LogP contribution in [0.3, 0.4) is 0 Å². The summed E-state index contributed by atoms with van der Waals surface area (Å²) in [5, 5.41) is 11.8. The third-order valence-electron chi connectivity index (χ3n) is 2.78. The molecule has 0 saturated carbocycles. The van der Waals surface area contributed by atoms with Crippen LogP contribution in [0, 0.1) is 11.7 Å². The lowest BCUT2D eigenvalue weighted by Gasteiger charge is -2.15. The summed E-state index contributed by atoms with van der Waals surface area (Å²) >= 11 is 0. The van der Waals surface area contributed by atoms with Crippen LogP contribution in [0.1, 0.15) is 29.8 Å². The van der Waals surface area contributed by atoms with E-state index < -0.39 is 29.6 Å². The first kappa shape index (κ1) is 16.4. The molecule has 3 nitrogen and oxygen atoms in total. The van der Waals surface area contributed by atoms with Gasteiger partial charge in [-0.3, -0.25) is 4.79 Å². The molecule has 1 atom stereocenters. The number of aliphatic hydroxyl groups excluding tert-OH is 1. The lowest BCUT2D eigenvalue weighted by molar-refractivity contribution is -0.140. The van der Waals surface area contributed by atoms with Crippen molar-refractivity contribution >= 4 is 5.91 Å². The van der Waals surface area contributed by atoms with Gasteiger partial charge in [-0.25, -0.2) is 4.39 Å². The Morgan fingerprint density at radius 3 is 2.45 bits per heavy atom. The highest BCUT2D eigenvalue weighted by Gasteiger charge is 2.34.